The van der Waals surface area contributed by atoms with E-state index in [1.54, 1.807) is 12.3 Å². The Balaban J connectivity index is 1.63. The van der Waals surface area contributed by atoms with Crippen molar-refractivity contribution in [2.24, 2.45) is 0 Å². The third-order valence-electron chi connectivity index (χ3n) is 5.69. The molecule has 4 aromatic rings. The quantitative estimate of drug-likeness (QED) is 0.382. The normalized spacial score (nSPS) is 17.8. The van der Waals surface area contributed by atoms with Crippen molar-refractivity contribution in [3.63, 3.8) is 0 Å². The Bertz CT molecular complexity index is 1260. The predicted molar refractivity (Wildman–Crippen MR) is 131 cm³/mol. The summed E-state index contributed by atoms with van der Waals surface area (Å²) >= 11 is 5.80. The molecule has 1 fully saturated rings. The van der Waals surface area contributed by atoms with Gasteiger partial charge in [-0.2, -0.15) is 0 Å². The van der Waals surface area contributed by atoms with Crippen LogP contribution in [0.1, 0.15) is 30.4 Å². The van der Waals surface area contributed by atoms with E-state index in [1.165, 1.54) is 12.1 Å². The van der Waals surface area contributed by atoms with Crippen LogP contribution in [0.5, 0.6) is 5.75 Å². The summed E-state index contributed by atoms with van der Waals surface area (Å²) < 4.78 is 21.6. The van der Waals surface area contributed by atoms with Crippen LogP contribution in [0.25, 0.3) is 5.69 Å². The van der Waals surface area contributed by atoms with Crippen molar-refractivity contribution in [2.45, 2.75) is 19.0 Å². The molecule has 7 heteroatoms. The molecular weight excluding hydrogens is 435 g/mol. The zero-order chi connectivity index (χ0) is 22.8. The Morgan fingerprint density at radius 2 is 1.85 bits per heavy atom. The van der Waals surface area contributed by atoms with Crippen LogP contribution in [0.4, 0.5) is 10.1 Å². The van der Waals surface area contributed by atoms with Crippen LogP contribution in [-0.4, -0.2) is 21.3 Å². The molecular formula is C26H23FN4OS. The molecule has 0 unspecified atom stereocenters. The summed E-state index contributed by atoms with van der Waals surface area (Å²) in [6, 6.07) is 23.9. The fourth-order valence-electron chi connectivity index (χ4n) is 4.30. The molecule has 2 atom stereocenters. The zero-order valence-electron chi connectivity index (χ0n) is 18.1. The maximum Gasteiger partial charge on any atom is 0.174 e. The van der Waals surface area contributed by atoms with Crippen molar-refractivity contribution in [2.75, 3.05) is 11.5 Å². The van der Waals surface area contributed by atoms with Gasteiger partial charge in [-0.25, -0.2) is 4.39 Å². The van der Waals surface area contributed by atoms with Crippen molar-refractivity contribution in [1.29, 1.82) is 0 Å². The van der Waals surface area contributed by atoms with Crippen LogP contribution < -0.4 is 15.0 Å². The van der Waals surface area contributed by atoms with Crippen molar-refractivity contribution in [3.05, 3.63) is 108 Å². The number of hydrogen-bond donors (Lipinski definition) is 1. The topological polar surface area (TPSA) is 42.3 Å². The van der Waals surface area contributed by atoms with Crippen LogP contribution in [0.3, 0.4) is 0 Å². The predicted octanol–water partition coefficient (Wildman–Crippen LogP) is 5.59. The van der Waals surface area contributed by atoms with E-state index >= 15 is 0 Å². The number of halogens is 1. The minimum Gasteiger partial charge on any atom is -0.494 e. The first-order chi connectivity index (χ1) is 16.2. The Hall–Kier alpha value is -3.71. The number of aromatic nitrogens is 2. The highest BCUT2D eigenvalue weighted by Gasteiger charge is 2.42. The number of rotatable bonds is 6. The molecule has 33 heavy (non-hydrogen) atoms. The molecule has 166 valence electrons. The highest BCUT2D eigenvalue weighted by molar-refractivity contribution is 7.80. The molecule has 0 aliphatic carbocycles. The van der Waals surface area contributed by atoms with Gasteiger partial charge in [-0.1, -0.05) is 12.1 Å². The van der Waals surface area contributed by atoms with E-state index < -0.39 is 0 Å². The second-order valence-corrected chi connectivity index (χ2v) is 8.09. The van der Waals surface area contributed by atoms with Crippen LogP contribution in [-0.2, 0) is 0 Å². The van der Waals surface area contributed by atoms with Gasteiger partial charge in [0.25, 0.3) is 0 Å². The maximum absolute atomic E-state index is 14.0. The lowest BCUT2D eigenvalue weighted by atomic mass is 10.0. The minimum absolute atomic E-state index is 0.188. The van der Waals surface area contributed by atoms with Crippen LogP contribution in [0, 0.1) is 5.82 Å². The summed E-state index contributed by atoms with van der Waals surface area (Å²) in [5.41, 5.74) is 3.54. The number of hydrogen-bond acceptors (Lipinski definition) is 3. The monoisotopic (exact) mass is 458 g/mol. The van der Waals surface area contributed by atoms with Gasteiger partial charge in [0.1, 0.15) is 17.6 Å². The van der Waals surface area contributed by atoms with Crippen molar-refractivity contribution >= 4 is 23.0 Å². The molecule has 1 N–H and O–H groups in total. The van der Waals surface area contributed by atoms with Crippen LogP contribution in [0.2, 0.25) is 0 Å². The lowest BCUT2D eigenvalue weighted by molar-refractivity contribution is 0.340. The van der Waals surface area contributed by atoms with Crippen molar-refractivity contribution in [3.8, 4) is 11.4 Å². The number of benzene rings is 2. The van der Waals surface area contributed by atoms with Crippen molar-refractivity contribution < 1.29 is 9.13 Å². The molecule has 1 saturated heterocycles. The van der Waals surface area contributed by atoms with Crippen LogP contribution >= 0.6 is 12.2 Å². The molecule has 5 nitrogen and oxygen atoms in total. The molecule has 0 saturated carbocycles. The molecule has 2 aromatic carbocycles. The smallest absolute Gasteiger partial charge is 0.174 e. The van der Waals surface area contributed by atoms with Crippen LogP contribution in [0.15, 0.2) is 91.3 Å². The molecule has 2 aromatic heterocycles. The zero-order valence-corrected chi connectivity index (χ0v) is 18.9. The second kappa shape index (κ2) is 9.03. The van der Waals surface area contributed by atoms with Gasteiger partial charge in [0.2, 0.25) is 0 Å². The van der Waals surface area contributed by atoms with E-state index in [4.69, 9.17) is 17.0 Å². The molecule has 3 heterocycles. The number of nitrogens with zero attached hydrogens (tertiary/aromatic N) is 3. The summed E-state index contributed by atoms with van der Waals surface area (Å²) in [6.45, 7) is 2.57. The molecule has 1 aliphatic rings. The fraction of sp³-hybridized carbons (Fsp3) is 0.154. The first-order valence-electron chi connectivity index (χ1n) is 10.8. The summed E-state index contributed by atoms with van der Waals surface area (Å²) in [5, 5.41) is 4.07. The number of anilines is 1. The first-order valence-corrected chi connectivity index (χ1v) is 11.2. The number of thiocarbonyl (C=S) groups is 1. The Kier molecular flexibility index (Phi) is 5.79. The van der Waals surface area contributed by atoms with Gasteiger partial charge in [0.05, 0.1) is 18.3 Å². The molecule has 0 amide bonds. The average Bonchev–Trinajstić information content (AvgIpc) is 3.45. The molecule has 0 radical (unpaired) electrons. The van der Waals surface area contributed by atoms with Gasteiger partial charge in [0.15, 0.2) is 5.11 Å². The van der Waals surface area contributed by atoms with Crippen molar-refractivity contribution in [1.82, 2.24) is 14.9 Å². The van der Waals surface area contributed by atoms with E-state index in [9.17, 15) is 4.39 Å². The van der Waals surface area contributed by atoms with Gasteiger partial charge in [0, 0.05) is 29.5 Å². The number of ether oxygens (including phenoxy) is 1. The standard InChI is InChI=1S/C26H23FN4OS/c1-2-32-21-13-11-19(12-14-21)31-25(24(29-26(31)33)22-9-3-4-15-28-22)23-10-6-16-30(23)20-8-5-7-18(27)17-20/h3-17,24-25H,2H2,1H3,(H,29,33)/t24-,25-/m1/s1. The summed E-state index contributed by atoms with van der Waals surface area (Å²) in [7, 11) is 0. The van der Waals surface area contributed by atoms with Gasteiger partial charge < -0.3 is 19.5 Å². The summed E-state index contributed by atoms with van der Waals surface area (Å²) in [4.78, 5) is 6.69. The first kappa shape index (κ1) is 21.2. The Morgan fingerprint density at radius 1 is 1.00 bits per heavy atom. The third-order valence-corrected chi connectivity index (χ3v) is 6.01. The van der Waals surface area contributed by atoms with E-state index in [1.807, 2.05) is 78.4 Å². The molecule has 5 rings (SSSR count). The summed E-state index contributed by atoms with van der Waals surface area (Å²) in [5.74, 6) is 0.525. The van der Waals surface area contributed by atoms with Gasteiger partial charge >= 0.3 is 0 Å². The summed E-state index contributed by atoms with van der Waals surface area (Å²) in [6.07, 6.45) is 3.72. The van der Waals surface area contributed by atoms with Gasteiger partial charge in [-0.15, -0.1) is 0 Å². The lowest BCUT2D eigenvalue weighted by Gasteiger charge is -2.29. The van der Waals surface area contributed by atoms with E-state index in [-0.39, 0.29) is 17.9 Å². The molecule has 0 bridgehead atoms. The molecule has 1 aliphatic heterocycles. The second-order valence-electron chi connectivity index (χ2n) is 7.71. The van der Waals surface area contributed by atoms with Gasteiger partial charge in [-0.05, 0) is 85.9 Å². The SMILES string of the molecule is CCOc1ccc(N2C(=S)N[C@H](c3ccccn3)[C@H]2c2cccn2-c2cccc(F)c2)cc1. The minimum atomic E-state index is -0.281. The number of nitrogens with one attached hydrogen (secondary N) is 1. The third kappa shape index (κ3) is 4.07. The highest BCUT2D eigenvalue weighted by Crippen LogP contribution is 2.42. The van der Waals surface area contributed by atoms with E-state index in [0.717, 1.165) is 28.5 Å². The fourth-order valence-corrected chi connectivity index (χ4v) is 4.65. The Morgan fingerprint density at radius 3 is 2.58 bits per heavy atom. The maximum atomic E-state index is 14.0. The average molecular weight is 459 g/mol. The number of pyridine rings is 1. The lowest BCUT2D eigenvalue weighted by Crippen LogP contribution is -2.30. The molecule has 0 spiro atoms. The van der Waals surface area contributed by atoms with E-state index in [2.05, 4.69) is 15.2 Å². The largest absolute Gasteiger partial charge is 0.494 e. The van der Waals surface area contributed by atoms with Gasteiger partial charge in [-0.3, -0.25) is 4.98 Å². The van der Waals surface area contributed by atoms with E-state index in [0.29, 0.717) is 11.7 Å². The highest BCUT2D eigenvalue weighted by atomic mass is 32.1. The Labute approximate surface area is 197 Å².